The van der Waals surface area contributed by atoms with Gasteiger partial charge in [0, 0.05) is 11.6 Å². The van der Waals surface area contributed by atoms with E-state index >= 15 is 0 Å². The highest BCUT2D eigenvalue weighted by atomic mass is 35.5. The number of methoxy groups -OCH3 is 1. The van der Waals surface area contributed by atoms with Gasteiger partial charge in [-0.1, -0.05) is 35.3 Å². The number of amidine groups is 1. The Morgan fingerprint density at radius 1 is 1.10 bits per heavy atom. The molecule has 1 saturated heterocycles. The lowest BCUT2D eigenvalue weighted by Crippen LogP contribution is -2.19. The summed E-state index contributed by atoms with van der Waals surface area (Å²) in [6.45, 7) is 0. The van der Waals surface area contributed by atoms with Gasteiger partial charge in [-0.3, -0.25) is 4.79 Å². The Labute approximate surface area is 181 Å². The van der Waals surface area contributed by atoms with Crippen molar-refractivity contribution in [3.63, 3.8) is 0 Å². The fourth-order valence-electron chi connectivity index (χ4n) is 2.68. The first kappa shape index (κ1) is 19.6. The molecule has 1 N–H and O–H groups in total. The highest BCUT2D eigenvalue weighted by molar-refractivity contribution is 8.18. The van der Waals surface area contributed by atoms with Crippen LogP contribution < -0.4 is 10.1 Å². The number of benzene rings is 2. The summed E-state index contributed by atoms with van der Waals surface area (Å²) in [6.07, 6.45) is 1.67. The molecule has 3 aromatic rings. The monoisotopic (exact) mass is 444 g/mol. The number of aliphatic imine (C=N–C) groups is 1. The van der Waals surface area contributed by atoms with Crippen LogP contribution >= 0.6 is 35.0 Å². The predicted octanol–water partition coefficient (Wildman–Crippen LogP) is 6.15. The molecule has 1 aliphatic heterocycles. The Morgan fingerprint density at radius 3 is 2.72 bits per heavy atom. The molecule has 1 amide bonds. The molecule has 0 atom stereocenters. The first-order valence-electron chi connectivity index (χ1n) is 8.51. The van der Waals surface area contributed by atoms with E-state index in [-0.39, 0.29) is 5.91 Å². The summed E-state index contributed by atoms with van der Waals surface area (Å²) >= 11 is 13.3. The zero-order chi connectivity index (χ0) is 20.4. The summed E-state index contributed by atoms with van der Waals surface area (Å²) in [6, 6.07) is 16.2. The number of thioether (sulfide) groups is 1. The standard InChI is InChI=1S/C21H14Cl2N2O3S/c1-27-18-5-3-2-4-16(18)24-21-25-20(26)19(29-21)11-13-7-9-17(28-13)12-6-8-14(22)15(23)10-12/h2-11H,1H3,(H,24,25,26)/b19-11+. The maximum atomic E-state index is 12.3. The summed E-state index contributed by atoms with van der Waals surface area (Å²) in [4.78, 5) is 17.3. The van der Waals surface area contributed by atoms with Gasteiger partial charge in [0.15, 0.2) is 5.17 Å². The van der Waals surface area contributed by atoms with E-state index in [1.54, 1.807) is 31.4 Å². The van der Waals surface area contributed by atoms with Crippen molar-refractivity contribution in [2.24, 2.45) is 4.99 Å². The summed E-state index contributed by atoms with van der Waals surface area (Å²) in [5, 5.41) is 4.15. The first-order valence-corrected chi connectivity index (χ1v) is 10.1. The third-order valence-electron chi connectivity index (χ3n) is 4.06. The van der Waals surface area contributed by atoms with E-state index < -0.39 is 0 Å². The smallest absolute Gasteiger partial charge is 0.264 e. The first-order chi connectivity index (χ1) is 14.0. The van der Waals surface area contributed by atoms with Crippen LogP contribution in [-0.4, -0.2) is 18.2 Å². The third-order valence-corrected chi connectivity index (χ3v) is 5.71. The third kappa shape index (κ3) is 4.34. The number of nitrogens with one attached hydrogen (secondary N) is 1. The fourth-order valence-corrected chi connectivity index (χ4v) is 3.79. The Morgan fingerprint density at radius 2 is 1.93 bits per heavy atom. The van der Waals surface area contributed by atoms with Crippen molar-refractivity contribution in [2.45, 2.75) is 0 Å². The van der Waals surface area contributed by atoms with Crippen LogP contribution in [0.5, 0.6) is 5.75 Å². The summed E-state index contributed by atoms with van der Waals surface area (Å²) in [5.74, 6) is 1.56. The summed E-state index contributed by atoms with van der Waals surface area (Å²) < 4.78 is 11.1. The minimum Gasteiger partial charge on any atom is -0.494 e. The SMILES string of the molecule is COc1ccccc1N=C1NC(=O)/C(=C\c2ccc(-c3ccc(Cl)c(Cl)c3)o2)S1. The van der Waals surface area contributed by atoms with E-state index in [0.717, 1.165) is 5.56 Å². The van der Waals surface area contributed by atoms with E-state index in [1.165, 1.54) is 11.8 Å². The lowest BCUT2D eigenvalue weighted by molar-refractivity contribution is -0.115. The van der Waals surface area contributed by atoms with Crippen LogP contribution in [0.25, 0.3) is 17.4 Å². The average Bonchev–Trinajstić information content (AvgIpc) is 3.31. The number of rotatable bonds is 4. The second kappa shape index (κ2) is 8.37. The highest BCUT2D eigenvalue weighted by Gasteiger charge is 2.24. The lowest BCUT2D eigenvalue weighted by atomic mass is 10.2. The maximum Gasteiger partial charge on any atom is 0.264 e. The Hall–Kier alpha value is -2.67. The second-order valence-electron chi connectivity index (χ2n) is 5.98. The number of carbonyl (C=O) groups excluding carboxylic acids is 1. The van der Waals surface area contributed by atoms with Gasteiger partial charge in [-0.05, 0) is 54.2 Å². The molecule has 0 saturated carbocycles. The van der Waals surface area contributed by atoms with Gasteiger partial charge in [0.05, 0.1) is 22.1 Å². The van der Waals surface area contributed by atoms with E-state index in [9.17, 15) is 4.79 Å². The number of ether oxygens (including phenoxy) is 1. The number of carbonyl (C=O) groups is 1. The zero-order valence-electron chi connectivity index (χ0n) is 15.1. The van der Waals surface area contributed by atoms with Crippen molar-refractivity contribution in [3.05, 3.63) is 75.3 Å². The molecular formula is C21H14Cl2N2O3S. The topological polar surface area (TPSA) is 63.8 Å². The van der Waals surface area contributed by atoms with Crippen LogP contribution in [0.15, 0.2) is 68.9 Å². The van der Waals surface area contributed by atoms with Crippen molar-refractivity contribution >= 4 is 57.8 Å². The van der Waals surface area contributed by atoms with E-state index in [1.807, 2.05) is 36.4 Å². The largest absolute Gasteiger partial charge is 0.494 e. The quantitative estimate of drug-likeness (QED) is 0.489. The van der Waals surface area contributed by atoms with Gasteiger partial charge >= 0.3 is 0 Å². The van der Waals surface area contributed by atoms with Crippen molar-refractivity contribution < 1.29 is 13.9 Å². The minimum atomic E-state index is -0.240. The lowest BCUT2D eigenvalue weighted by Gasteiger charge is -2.03. The van der Waals surface area contributed by atoms with Crippen LogP contribution in [0.1, 0.15) is 5.76 Å². The normalized spacial score (nSPS) is 16.4. The molecule has 0 aliphatic carbocycles. The molecule has 0 unspecified atom stereocenters. The van der Waals surface area contributed by atoms with Gasteiger partial charge in [-0.25, -0.2) is 4.99 Å². The van der Waals surface area contributed by atoms with Gasteiger partial charge in [0.1, 0.15) is 23.0 Å². The van der Waals surface area contributed by atoms with Crippen LogP contribution in [0, 0.1) is 0 Å². The molecule has 4 rings (SSSR count). The zero-order valence-corrected chi connectivity index (χ0v) is 17.4. The Kier molecular flexibility index (Phi) is 5.67. The van der Waals surface area contributed by atoms with Crippen molar-refractivity contribution in [1.82, 2.24) is 5.32 Å². The van der Waals surface area contributed by atoms with Crippen molar-refractivity contribution in [2.75, 3.05) is 7.11 Å². The second-order valence-corrected chi connectivity index (χ2v) is 7.83. The van der Waals surface area contributed by atoms with E-state index in [0.29, 0.717) is 43.1 Å². The number of hydrogen-bond acceptors (Lipinski definition) is 5. The van der Waals surface area contributed by atoms with Gasteiger partial charge < -0.3 is 14.5 Å². The molecule has 29 heavy (non-hydrogen) atoms. The number of hydrogen-bond donors (Lipinski definition) is 1. The fraction of sp³-hybridized carbons (Fsp3) is 0.0476. The molecule has 8 heteroatoms. The van der Waals surface area contributed by atoms with E-state index in [2.05, 4.69) is 10.3 Å². The number of furan rings is 1. The Balaban J connectivity index is 1.56. The molecule has 0 spiro atoms. The van der Waals surface area contributed by atoms with Crippen LogP contribution in [0.4, 0.5) is 5.69 Å². The predicted molar refractivity (Wildman–Crippen MR) is 118 cm³/mol. The number of nitrogens with zero attached hydrogens (tertiary/aromatic N) is 1. The minimum absolute atomic E-state index is 0.240. The number of amides is 1. The van der Waals surface area contributed by atoms with Gasteiger partial charge in [0.25, 0.3) is 5.91 Å². The molecule has 146 valence electrons. The number of halogens is 2. The van der Waals surface area contributed by atoms with Crippen LogP contribution in [0.3, 0.4) is 0 Å². The maximum absolute atomic E-state index is 12.3. The molecule has 0 bridgehead atoms. The van der Waals surface area contributed by atoms with Crippen LogP contribution in [-0.2, 0) is 4.79 Å². The van der Waals surface area contributed by atoms with Gasteiger partial charge in [-0.15, -0.1) is 0 Å². The molecular weight excluding hydrogens is 431 g/mol. The summed E-state index contributed by atoms with van der Waals surface area (Å²) in [5.41, 5.74) is 1.44. The molecule has 1 fully saturated rings. The summed E-state index contributed by atoms with van der Waals surface area (Å²) in [7, 11) is 1.58. The van der Waals surface area contributed by atoms with Crippen LogP contribution in [0.2, 0.25) is 10.0 Å². The highest BCUT2D eigenvalue weighted by Crippen LogP contribution is 2.33. The Bertz CT molecular complexity index is 1150. The van der Waals surface area contributed by atoms with Crippen molar-refractivity contribution in [3.8, 4) is 17.1 Å². The average molecular weight is 445 g/mol. The number of para-hydroxylation sites is 2. The molecule has 1 aliphatic rings. The molecule has 0 radical (unpaired) electrons. The molecule has 2 heterocycles. The van der Waals surface area contributed by atoms with Gasteiger partial charge in [-0.2, -0.15) is 0 Å². The molecule has 2 aromatic carbocycles. The van der Waals surface area contributed by atoms with E-state index in [4.69, 9.17) is 32.4 Å². The van der Waals surface area contributed by atoms with Crippen molar-refractivity contribution in [1.29, 1.82) is 0 Å². The molecule has 5 nitrogen and oxygen atoms in total. The van der Waals surface area contributed by atoms with Gasteiger partial charge in [0.2, 0.25) is 0 Å². The molecule has 1 aromatic heterocycles.